The van der Waals surface area contributed by atoms with Gasteiger partial charge < -0.3 is 9.57 Å². The predicted octanol–water partition coefficient (Wildman–Crippen LogP) is 2.36. The van der Waals surface area contributed by atoms with Crippen LogP contribution in [0.5, 0.6) is 0 Å². The molecule has 0 radical (unpaired) electrons. The fraction of sp³-hybridized carbons (Fsp3) is 0.273. The maximum atomic E-state index is 10.8. The minimum atomic E-state index is -0.402. The van der Waals surface area contributed by atoms with E-state index in [-0.39, 0.29) is 5.90 Å². The number of rotatable bonds is 3. The molecule has 0 saturated heterocycles. The molecule has 0 spiro atoms. The van der Waals surface area contributed by atoms with Crippen molar-refractivity contribution >= 4 is 34.5 Å². The highest BCUT2D eigenvalue weighted by Crippen LogP contribution is 2.08. The van der Waals surface area contributed by atoms with Crippen LogP contribution >= 0.6 is 22.6 Å². The van der Waals surface area contributed by atoms with Crippen molar-refractivity contribution in [1.29, 1.82) is 0 Å². The van der Waals surface area contributed by atoms with E-state index in [1.165, 1.54) is 14.0 Å². The summed E-state index contributed by atoms with van der Waals surface area (Å²) in [4.78, 5) is 15.4. The SMILES string of the molecule is CON=C(Cc1ccc(I)cc1)OC(C)=O. The van der Waals surface area contributed by atoms with Crippen LogP contribution in [0, 0.1) is 3.57 Å². The maximum Gasteiger partial charge on any atom is 0.309 e. The van der Waals surface area contributed by atoms with E-state index in [4.69, 9.17) is 4.74 Å². The molecule has 0 N–H and O–H groups in total. The van der Waals surface area contributed by atoms with Crippen LogP contribution in [0.15, 0.2) is 29.4 Å². The predicted molar refractivity (Wildman–Crippen MR) is 69.1 cm³/mol. The molecule has 1 aromatic carbocycles. The Kier molecular flexibility index (Phi) is 5.24. The Bertz CT molecular complexity index is 387. The Morgan fingerprint density at radius 3 is 2.50 bits per heavy atom. The van der Waals surface area contributed by atoms with Gasteiger partial charge in [0.25, 0.3) is 0 Å². The van der Waals surface area contributed by atoms with Gasteiger partial charge in [0.15, 0.2) is 0 Å². The number of ether oxygens (including phenoxy) is 1. The molecule has 1 rings (SSSR count). The van der Waals surface area contributed by atoms with Crippen molar-refractivity contribution in [2.75, 3.05) is 7.11 Å². The number of carbonyl (C=O) groups excluding carboxylic acids is 1. The third-order valence-corrected chi connectivity index (χ3v) is 2.44. The van der Waals surface area contributed by atoms with Gasteiger partial charge in [0.2, 0.25) is 5.90 Å². The zero-order chi connectivity index (χ0) is 12.0. The standard InChI is InChI=1S/C11H12INO3/c1-8(14)16-11(13-15-2)7-9-3-5-10(12)6-4-9/h3-6H,7H2,1-2H3. The number of oxime groups is 1. The summed E-state index contributed by atoms with van der Waals surface area (Å²) in [5.74, 6) is -0.141. The average Bonchev–Trinajstić information content (AvgIpc) is 2.21. The summed E-state index contributed by atoms with van der Waals surface area (Å²) in [5.41, 5.74) is 1.01. The monoisotopic (exact) mass is 333 g/mol. The van der Waals surface area contributed by atoms with Crippen molar-refractivity contribution in [3.63, 3.8) is 0 Å². The van der Waals surface area contributed by atoms with Crippen molar-refractivity contribution in [3.8, 4) is 0 Å². The van der Waals surface area contributed by atoms with E-state index < -0.39 is 5.97 Å². The largest absolute Gasteiger partial charge is 0.408 e. The Balaban J connectivity index is 2.72. The van der Waals surface area contributed by atoms with Crippen molar-refractivity contribution in [3.05, 3.63) is 33.4 Å². The van der Waals surface area contributed by atoms with Gasteiger partial charge in [-0.05, 0) is 40.3 Å². The molecule has 0 atom stereocenters. The van der Waals surface area contributed by atoms with Crippen LogP contribution in [0.1, 0.15) is 12.5 Å². The van der Waals surface area contributed by atoms with Gasteiger partial charge in [0.1, 0.15) is 7.11 Å². The molecule has 0 fully saturated rings. The molecule has 5 heteroatoms. The number of nitrogens with zero attached hydrogens (tertiary/aromatic N) is 1. The van der Waals surface area contributed by atoms with Crippen LogP contribution in [0.3, 0.4) is 0 Å². The Morgan fingerprint density at radius 1 is 1.38 bits per heavy atom. The molecule has 0 amide bonds. The molecule has 0 aliphatic heterocycles. The second-order valence-corrected chi connectivity index (χ2v) is 4.31. The summed E-state index contributed by atoms with van der Waals surface area (Å²) in [6.45, 7) is 1.33. The van der Waals surface area contributed by atoms with Crippen molar-refractivity contribution in [2.45, 2.75) is 13.3 Å². The smallest absolute Gasteiger partial charge is 0.309 e. The lowest BCUT2D eigenvalue weighted by molar-refractivity contribution is -0.133. The van der Waals surface area contributed by atoms with E-state index in [0.29, 0.717) is 6.42 Å². The van der Waals surface area contributed by atoms with Crippen molar-refractivity contribution < 1.29 is 14.4 Å². The number of carbonyl (C=O) groups is 1. The molecule has 0 heterocycles. The number of halogens is 1. The summed E-state index contributed by atoms with van der Waals surface area (Å²) >= 11 is 2.23. The minimum absolute atomic E-state index is 0.260. The van der Waals surface area contributed by atoms with Crippen LogP contribution in [-0.2, 0) is 20.8 Å². The number of hydrogen-bond acceptors (Lipinski definition) is 4. The molecule has 1 aromatic rings. The highest BCUT2D eigenvalue weighted by Gasteiger charge is 2.06. The highest BCUT2D eigenvalue weighted by molar-refractivity contribution is 14.1. The van der Waals surface area contributed by atoms with Gasteiger partial charge in [-0.2, -0.15) is 0 Å². The molecule has 16 heavy (non-hydrogen) atoms. The fourth-order valence-electron chi connectivity index (χ4n) is 1.13. The zero-order valence-electron chi connectivity index (χ0n) is 9.07. The topological polar surface area (TPSA) is 47.9 Å². The first-order valence-corrected chi connectivity index (χ1v) is 5.72. The van der Waals surface area contributed by atoms with Crippen molar-refractivity contribution in [1.82, 2.24) is 0 Å². The first-order chi connectivity index (χ1) is 7.61. The second kappa shape index (κ2) is 6.47. The van der Waals surface area contributed by atoms with E-state index in [1.807, 2.05) is 24.3 Å². The van der Waals surface area contributed by atoms with Gasteiger partial charge in [0.05, 0.1) is 6.42 Å². The number of esters is 1. The van der Waals surface area contributed by atoms with Crippen LogP contribution in [0.25, 0.3) is 0 Å². The molecule has 4 nitrogen and oxygen atoms in total. The highest BCUT2D eigenvalue weighted by atomic mass is 127. The van der Waals surface area contributed by atoms with Gasteiger partial charge in [-0.1, -0.05) is 17.3 Å². The van der Waals surface area contributed by atoms with Gasteiger partial charge in [0, 0.05) is 10.5 Å². The third-order valence-electron chi connectivity index (χ3n) is 1.72. The fourth-order valence-corrected chi connectivity index (χ4v) is 1.49. The van der Waals surface area contributed by atoms with E-state index in [9.17, 15) is 4.79 Å². The van der Waals surface area contributed by atoms with Gasteiger partial charge in [-0.25, -0.2) is 0 Å². The quantitative estimate of drug-likeness (QED) is 0.281. The number of hydrogen-bond donors (Lipinski definition) is 0. The molecule has 0 aliphatic carbocycles. The molecule has 86 valence electrons. The molecule has 0 bridgehead atoms. The van der Waals surface area contributed by atoms with Gasteiger partial charge in [-0.3, -0.25) is 4.79 Å². The zero-order valence-corrected chi connectivity index (χ0v) is 11.2. The van der Waals surface area contributed by atoms with E-state index in [2.05, 4.69) is 32.6 Å². The lowest BCUT2D eigenvalue weighted by Gasteiger charge is -2.05. The first kappa shape index (κ1) is 13.0. The second-order valence-electron chi connectivity index (χ2n) is 3.06. The Labute approximate surface area is 108 Å². The molecule has 0 unspecified atom stereocenters. The van der Waals surface area contributed by atoms with E-state index >= 15 is 0 Å². The summed E-state index contributed by atoms with van der Waals surface area (Å²) in [7, 11) is 1.41. The molecular formula is C11H12INO3. The lowest BCUT2D eigenvalue weighted by Crippen LogP contribution is -2.12. The van der Waals surface area contributed by atoms with Gasteiger partial charge >= 0.3 is 5.97 Å². The number of benzene rings is 1. The van der Waals surface area contributed by atoms with Crippen LogP contribution in [-0.4, -0.2) is 19.0 Å². The Morgan fingerprint density at radius 2 is 2.00 bits per heavy atom. The van der Waals surface area contributed by atoms with E-state index in [1.54, 1.807) is 0 Å². The minimum Gasteiger partial charge on any atom is -0.408 e. The molecule has 0 aliphatic rings. The van der Waals surface area contributed by atoms with Crippen LogP contribution in [0.4, 0.5) is 0 Å². The van der Waals surface area contributed by atoms with Gasteiger partial charge in [-0.15, -0.1) is 0 Å². The lowest BCUT2D eigenvalue weighted by atomic mass is 10.1. The average molecular weight is 333 g/mol. The third kappa shape index (κ3) is 4.61. The summed E-state index contributed by atoms with van der Waals surface area (Å²) < 4.78 is 6.06. The molecule has 0 aromatic heterocycles. The van der Waals surface area contributed by atoms with Crippen molar-refractivity contribution in [2.24, 2.45) is 5.16 Å². The maximum absolute atomic E-state index is 10.8. The first-order valence-electron chi connectivity index (χ1n) is 4.64. The Hall–Kier alpha value is -1.11. The van der Waals surface area contributed by atoms with E-state index in [0.717, 1.165) is 9.13 Å². The summed E-state index contributed by atoms with van der Waals surface area (Å²) in [6.07, 6.45) is 0.435. The molecule has 0 saturated carbocycles. The normalized spacial score (nSPS) is 11.1. The summed E-state index contributed by atoms with van der Waals surface area (Å²) in [5, 5.41) is 3.65. The van der Waals surface area contributed by atoms with Crippen LogP contribution in [0.2, 0.25) is 0 Å². The van der Waals surface area contributed by atoms with Crippen LogP contribution < -0.4 is 0 Å². The molecular weight excluding hydrogens is 321 g/mol. The summed E-state index contributed by atoms with van der Waals surface area (Å²) in [6, 6.07) is 7.87.